The van der Waals surface area contributed by atoms with Gasteiger partial charge in [0.1, 0.15) is 33.5 Å². The van der Waals surface area contributed by atoms with Gasteiger partial charge in [-0.2, -0.15) is 0 Å². The molecule has 9 heterocycles. The molecule has 33 aromatic rings. The molecule has 9 heteroatoms. The van der Waals surface area contributed by atoms with E-state index in [1.165, 1.54) is 164 Å². The van der Waals surface area contributed by atoms with Gasteiger partial charge in [-0.1, -0.05) is 334 Å². The first-order valence-electron chi connectivity index (χ1n) is 50.3. The second-order valence-electron chi connectivity index (χ2n) is 38.7. The molecular weight excluding hydrogens is 1790 g/mol. The maximum atomic E-state index is 6.71. The number of furan rings is 3. The SMILES string of the molecule is c1ccc(-c2ccc(-n3c4ccc5c6ccccc6oc5c4c4ccc5c(c6ccccc6n5-c5ccc6ccccc6c5)c43)cc2)cc1.c1ccc(-c2ccc(-n3c4ccccc4c4c3ccc3c5c6oc7ccccc7c6ccc5n(-c5ccc6ccccc6c5)c34)cc2)cc1.c1ccc(-c2ccc(-n3c4ccccc4c4c3ccc3c5c6oc7ccccc7c6ccc5n(-c5cccc6ccccc56)c34)cc2)cc1. The van der Waals surface area contributed by atoms with Gasteiger partial charge in [0.05, 0.1) is 88.0 Å². The lowest BCUT2D eigenvalue weighted by Gasteiger charge is -2.13. The Balaban J connectivity index is 0.0000000999. The summed E-state index contributed by atoms with van der Waals surface area (Å²) < 4.78 is 34.8. The molecule has 24 aromatic carbocycles. The van der Waals surface area contributed by atoms with E-state index in [0.29, 0.717) is 0 Å². The summed E-state index contributed by atoms with van der Waals surface area (Å²) in [4.78, 5) is 0. The van der Waals surface area contributed by atoms with Crippen molar-refractivity contribution in [1.29, 1.82) is 0 Å². The summed E-state index contributed by atoms with van der Waals surface area (Å²) in [6.07, 6.45) is 0. The molecule has 0 radical (unpaired) electrons. The zero-order chi connectivity index (χ0) is 96.2. The van der Waals surface area contributed by atoms with Crippen LogP contribution in [0.2, 0.25) is 0 Å². The average Bonchev–Trinajstić information content (AvgIpc) is 1.54. The van der Waals surface area contributed by atoms with Gasteiger partial charge in [0.25, 0.3) is 0 Å². The molecule has 147 heavy (non-hydrogen) atoms. The molecule has 9 aromatic heterocycles. The molecule has 0 unspecified atom stereocenters. The molecule has 0 N–H and O–H groups in total. The van der Waals surface area contributed by atoms with Gasteiger partial charge in [0.2, 0.25) is 0 Å². The molecule has 0 saturated heterocycles. The minimum Gasteiger partial charge on any atom is -0.455 e. The van der Waals surface area contributed by atoms with Crippen LogP contribution in [-0.2, 0) is 0 Å². The Bertz CT molecular complexity index is 11300. The standard InChI is InChI=1S/3C46H28N2O/c1-2-11-29(12-3-1)30-21-23-32(24-22-30)47-39-18-8-6-17-36(39)43-40(47)28-26-37-44-41(27-25-35-34-16-7-9-20-42(34)49-46(35)44)48(45(37)43)38-19-10-14-31-13-4-5-15-33(31)38;1-2-10-29(11-3-1)31-18-21-33(22-19-31)48-41-26-24-36-35-14-7-9-17-42(35)49-46(36)44(41)38-25-27-40-43(45(38)48)37-15-6-8-16-39(37)47(40)34-23-20-30-12-4-5-13-32(30)28-34;1-2-10-29(11-3-1)31-18-21-33(22-19-31)47-39-16-8-6-15-37(39)43-40(47)27-25-38-44-41(26-24-36-35-14-7-9-17-42(35)49-46(36)44)48(45(38)43)34-23-20-30-12-4-5-13-32(30)28-34/h3*1-28H. The molecule has 0 bridgehead atoms. The van der Waals surface area contributed by atoms with Gasteiger partial charge in [-0.05, 0) is 236 Å². The summed E-state index contributed by atoms with van der Waals surface area (Å²) in [5.74, 6) is 0. The Morgan fingerprint density at radius 1 is 0.129 bits per heavy atom. The Morgan fingerprint density at radius 2 is 0.388 bits per heavy atom. The van der Waals surface area contributed by atoms with Crippen molar-refractivity contribution in [2.24, 2.45) is 0 Å². The number of para-hydroxylation sites is 6. The molecule has 33 rings (SSSR count). The zero-order valence-electron chi connectivity index (χ0n) is 79.4. The monoisotopic (exact) mass is 1870 g/mol. The lowest BCUT2D eigenvalue weighted by Crippen LogP contribution is -1.96. The van der Waals surface area contributed by atoms with Crippen molar-refractivity contribution in [2.45, 2.75) is 0 Å². The molecule has 0 atom stereocenters. The minimum atomic E-state index is 0.909. The van der Waals surface area contributed by atoms with Gasteiger partial charge in [-0.15, -0.1) is 0 Å². The van der Waals surface area contributed by atoms with E-state index in [1.54, 1.807) is 0 Å². The van der Waals surface area contributed by atoms with Crippen molar-refractivity contribution < 1.29 is 13.3 Å². The first kappa shape index (κ1) is 82.0. The fraction of sp³-hybridized carbons (Fsp3) is 0. The van der Waals surface area contributed by atoms with E-state index in [0.717, 1.165) is 133 Å². The number of benzene rings is 24. The molecule has 684 valence electrons. The number of aromatic nitrogens is 6. The Kier molecular flexibility index (Phi) is 18.1. The predicted octanol–water partition coefficient (Wildman–Crippen LogP) is 37.8. The Hall–Kier alpha value is -19.7. The van der Waals surface area contributed by atoms with Gasteiger partial charge in [0, 0.05) is 115 Å². The fourth-order valence-electron chi connectivity index (χ4n) is 24.4. The number of hydrogen-bond donors (Lipinski definition) is 0. The first-order valence-corrected chi connectivity index (χ1v) is 50.3. The molecule has 0 spiro atoms. The van der Waals surface area contributed by atoms with Crippen LogP contribution in [0.1, 0.15) is 0 Å². The fourth-order valence-corrected chi connectivity index (χ4v) is 24.4. The molecule has 0 aliphatic rings. The van der Waals surface area contributed by atoms with Gasteiger partial charge in [-0.25, -0.2) is 0 Å². The molecule has 9 nitrogen and oxygen atoms in total. The number of fused-ring (bicyclic) bond motifs is 36. The van der Waals surface area contributed by atoms with Crippen LogP contribution >= 0.6 is 0 Å². The predicted molar refractivity (Wildman–Crippen MR) is 616 cm³/mol. The van der Waals surface area contributed by atoms with Crippen LogP contribution in [0, 0.1) is 0 Å². The molecule has 0 saturated carbocycles. The van der Waals surface area contributed by atoms with Gasteiger partial charge >= 0.3 is 0 Å². The topological polar surface area (TPSA) is 69.0 Å². The van der Waals surface area contributed by atoms with Crippen molar-refractivity contribution in [3.05, 3.63) is 510 Å². The number of hydrogen-bond acceptors (Lipinski definition) is 3. The maximum Gasteiger partial charge on any atom is 0.145 e. The highest BCUT2D eigenvalue weighted by Crippen LogP contribution is 2.52. The normalized spacial score (nSPS) is 12.1. The van der Waals surface area contributed by atoms with Crippen LogP contribution in [0.5, 0.6) is 0 Å². The summed E-state index contributed by atoms with van der Waals surface area (Å²) in [6, 6.07) is 184. The molecular formula is C138H84N6O3. The van der Waals surface area contributed by atoms with Crippen LogP contribution < -0.4 is 0 Å². The summed E-state index contributed by atoms with van der Waals surface area (Å²) in [5, 5.41) is 28.5. The van der Waals surface area contributed by atoms with Gasteiger partial charge < -0.3 is 40.7 Å². The Labute approximate surface area is 840 Å². The summed E-state index contributed by atoms with van der Waals surface area (Å²) in [6.45, 7) is 0. The van der Waals surface area contributed by atoms with E-state index in [9.17, 15) is 0 Å². The first-order chi connectivity index (χ1) is 73.0. The molecule has 0 amide bonds. The zero-order valence-corrected chi connectivity index (χ0v) is 79.4. The van der Waals surface area contributed by atoms with Crippen LogP contribution in [0.4, 0.5) is 0 Å². The smallest absolute Gasteiger partial charge is 0.145 e. The van der Waals surface area contributed by atoms with Crippen molar-refractivity contribution in [2.75, 3.05) is 0 Å². The van der Waals surface area contributed by atoms with Crippen LogP contribution in [0.15, 0.2) is 523 Å². The van der Waals surface area contributed by atoms with E-state index < -0.39 is 0 Å². The van der Waals surface area contributed by atoms with Crippen LogP contribution in [0.3, 0.4) is 0 Å². The Morgan fingerprint density at radius 3 is 0.776 bits per heavy atom. The maximum absolute atomic E-state index is 6.71. The lowest BCUT2D eigenvalue weighted by atomic mass is 10.1. The highest BCUT2D eigenvalue weighted by Gasteiger charge is 2.30. The van der Waals surface area contributed by atoms with Gasteiger partial charge in [-0.3, -0.25) is 0 Å². The third-order valence-corrected chi connectivity index (χ3v) is 30.9. The summed E-state index contributed by atoms with van der Waals surface area (Å²) in [7, 11) is 0. The quantitative estimate of drug-likeness (QED) is 0.145. The molecule has 0 aliphatic carbocycles. The second-order valence-corrected chi connectivity index (χ2v) is 38.7. The highest BCUT2D eigenvalue weighted by molar-refractivity contribution is 6.35. The largest absolute Gasteiger partial charge is 0.455 e. The minimum absolute atomic E-state index is 0.909. The lowest BCUT2D eigenvalue weighted by molar-refractivity contribution is 0.672. The van der Waals surface area contributed by atoms with E-state index in [4.69, 9.17) is 13.3 Å². The van der Waals surface area contributed by atoms with Gasteiger partial charge in [0.15, 0.2) is 0 Å². The highest BCUT2D eigenvalue weighted by atomic mass is 16.3. The molecule has 0 aliphatic heterocycles. The third kappa shape index (κ3) is 12.5. The number of rotatable bonds is 9. The van der Waals surface area contributed by atoms with Crippen molar-refractivity contribution in [3.8, 4) is 67.5 Å². The van der Waals surface area contributed by atoms with Crippen molar-refractivity contribution in [3.63, 3.8) is 0 Å². The van der Waals surface area contributed by atoms with Crippen molar-refractivity contribution >= 4 is 229 Å². The van der Waals surface area contributed by atoms with Crippen LogP contribution in [0.25, 0.3) is 296 Å². The van der Waals surface area contributed by atoms with E-state index in [1.807, 2.05) is 18.2 Å². The van der Waals surface area contributed by atoms with E-state index in [2.05, 4.69) is 519 Å². The second kappa shape index (κ2) is 32.4. The average molecular weight is 1870 g/mol. The summed E-state index contributed by atoms with van der Waals surface area (Å²) in [5.41, 5.74) is 33.6. The van der Waals surface area contributed by atoms with E-state index in [-0.39, 0.29) is 0 Å². The summed E-state index contributed by atoms with van der Waals surface area (Å²) >= 11 is 0. The van der Waals surface area contributed by atoms with Crippen molar-refractivity contribution in [1.82, 2.24) is 27.4 Å². The number of nitrogens with zero attached hydrogens (tertiary/aromatic N) is 6. The van der Waals surface area contributed by atoms with E-state index >= 15 is 0 Å². The van der Waals surface area contributed by atoms with Crippen LogP contribution in [-0.4, -0.2) is 27.4 Å². The molecule has 0 fully saturated rings. The third-order valence-electron chi connectivity index (χ3n) is 30.9.